The zero-order chi connectivity index (χ0) is 12.3. The van der Waals surface area contributed by atoms with Gasteiger partial charge in [-0.15, -0.1) is 0 Å². The Bertz CT molecular complexity index is 264. The molecule has 0 unspecified atom stereocenters. The van der Waals surface area contributed by atoms with Crippen molar-refractivity contribution in [2.45, 2.75) is 51.7 Å². The number of piperidine rings is 1. The lowest BCUT2D eigenvalue weighted by Crippen LogP contribution is -2.50. The molecule has 1 aliphatic heterocycles. The van der Waals surface area contributed by atoms with Gasteiger partial charge in [0.25, 0.3) is 0 Å². The molecule has 0 aromatic carbocycles. The average Bonchev–Trinajstić information content (AvgIpc) is 3.13. The van der Waals surface area contributed by atoms with Crippen LogP contribution in [0.1, 0.15) is 39.5 Å². The van der Waals surface area contributed by atoms with Gasteiger partial charge in [-0.25, -0.2) is 4.79 Å². The molecule has 1 N–H and O–H groups in total. The van der Waals surface area contributed by atoms with Gasteiger partial charge in [0.05, 0.1) is 6.10 Å². The third kappa shape index (κ3) is 3.60. The van der Waals surface area contributed by atoms with Crippen LogP contribution in [0.2, 0.25) is 0 Å². The number of ether oxygens (including phenoxy) is 1. The maximum absolute atomic E-state index is 12.0. The summed E-state index contributed by atoms with van der Waals surface area (Å²) in [6.45, 7) is 6.47. The van der Waals surface area contributed by atoms with E-state index >= 15 is 0 Å². The second-order valence-electron chi connectivity index (χ2n) is 5.24. The lowest BCUT2D eigenvalue weighted by atomic mass is 10.1. The molecule has 4 nitrogen and oxygen atoms in total. The fourth-order valence-corrected chi connectivity index (χ4v) is 2.49. The summed E-state index contributed by atoms with van der Waals surface area (Å²) in [5, 5.41) is 3.11. The Morgan fingerprint density at radius 1 is 1.47 bits per heavy atom. The van der Waals surface area contributed by atoms with Gasteiger partial charge in [0.2, 0.25) is 0 Å². The Balaban J connectivity index is 1.77. The fraction of sp³-hybridized carbons (Fsp3) is 0.923. The van der Waals surface area contributed by atoms with E-state index in [4.69, 9.17) is 4.74 Å². The number of amides is 2. The molecule has 0 aromatic rings. The Labute approximate surface area is 104 Å². The quantitative estimate of drug-likeness (QED) is 0.816. The maximum atomic E-state index is 12.0. The summed E-state index contributed by atoms with van der Waals surface area (Å²) in [4.78, 5) is 14.0. The van der Waals surface area contributed by atoms with Crippen molar-refractivity contribution in [1.29, 1.82) is 0 Å². The number of carbonyl (C=O) groups is 1. The summed E-state index contributed by atoms with van der Waals surface area (Å²) in [5.74, 6) is 0.714. The van der Waals surface area contributed by atoms with Crippen LogP contribution in [0.25, 0.3) is 0 Å². The molecule has 17 heavy (non-hydrogen) atoms. The van der Waals surface area contributed by atoms with E-state index in [-0.39, 0.29) is 12.1 Å². The predicted octanol–water partition coefficient (Wildman–Crippen LogP) is 2.00. The number of hydrogen-bond donors (Lipinski definition) is 1. The number of urea groups is 1. The monoisotopic (exact) mass is 240 g/mol. The molecule has 1 saturated heterocycles. The van der Waals surface area contributed by atoms with Crippen LogP contribution >= 0.6 is 0 Å². The van der Waals surface area contributed by atoms with Crippen LogP contribution in [0.3, 0.4) is 0 Å². The predicted molar refractivity (Wildman–Crippen MR) is 66.9 cm³/mol. The van der Waals surface area contributed by atoms with Crippen LogP contribution in [0.4, 0.5) is 4.79 Å². The molecule has 2 atom stereocenters. The molecule has 0 radical (unpaired) electrons. The normalized spacial score (nSPS) is 26.7. The summed E-state index contributed by atoms with van der Waals surface area (Å²) in [6.07, 6.45) is 4.90. The van der Waals surface area contributed by atoms with Gasteiger partial charge in [-0.1, -0.05) is 0 Å². The molecule has 1 heterocycles. The van der Waals surface area contributed by atoms with Gasteiger partial charge in [0.15, 0.2) is 0 Å². The van der Waals surface area contributed by atoms with Crippen molar-refractivity contribution in [1.82, 2.24) is 10.2 Å². The number of nitrogens with one attached hydrogen (secondary N) is 1. The summed E-state index contributed by atoms with van der Waals surface area (Å²) >= 11 is 0. The molecule has 1 saturated carbocycles. The molecule has 4 heteroatoms. The lowest BCUT2D eigenvalue weighted by molar-refractivity contribution is 0.0161. The SMILES string of the molecule is CCO[C@H]1CCCN(C(=O)N[C@@H](C)C2CC2)C1. The highest BCUT2D eigenvalue weighted by Crippen LogP contribution is 2.32. The third-order valence-corrected chi connectivity index (χ3v) is 3.75. The molecule has 0 aromatic heterocycles. The molecule has 0 bridgehead atoms. The van der Waals surface area contributed by atoms with E-state index in [1.54, 1.807) is 0 Å². The van der Waals surface area contributed by atoms with Crippen molar-refractivity contribution in [2.24, 2.45) is 5.92 Å². The van der Waals surface area contributed by atoms with Gasteiger partial charge < -0.3 is 15.0 Å². The number of hydrogen-bond acceptors (Lipinski definition) is 2. The van der Waals surface area contributed by atoms with Crippen molar-refractivity contribution in [2.75, 3.05) is 19.7 Å². The molecule has 0 spiro atoms. The highest BCUT2D eigenvalue weighted by atomic mass is 16.5. The number of likely N-dealkylation sites (tertiary alicyclic amines) is 1. The van der Waals surface area contributed by atoms with Crippen molar-refractivity contribution in [3.05, 3.63) is 0 Å². The van der Waals surface area contributed by atoms with Gasteiger partial charge in [0.1, 0.15) is 0 Å². The molecular formula is C13H24N2O2. The molecular weight excluding hydrogens is 216 g/mol. The number of carbonyl (C=O) groups excluding carboxylic acids is 1. The Hall–Kier alpha value is -0.770. The second-order valence-corrected chi connectivity index (χ2v) is 5.24. The summed E-state index contributed by atoms with van der Waals surface area (Å²) in [6, 6.07) is 0.420. The Morgan fingerprint density at radius 3 is 2.88 bits per heavy atom. The van der Waals surface area contributed by atoms with Crippen LogP contribution in [-0.4, -0.2) is 42.8 Å². The molecule has 98 valence electrons. The van der Waals surface area contributed by atoms with Crippen LogP contribution in [-0.2, 0) is 4.74 Å². The average molecular weight is 240 g/mol. The molecule has 2 fully saturated rings. The molecule has 2 amide bonds. The van der Waals surface area contributed by atoms with E-state index in [9.17, 15) is 4.79 Å². The number of nitrogens with zero attached hydrogens (tertiary/aromatic N) is 1. The minimum absolute atomic E-state index is 0.0915. The van der Waals surface area contributed by atoms with E-state index in [2.05, 4.69) is 12.2 Å². The van der Waals surface area contributed by atoms with Gasteiger partial charge in [0, 0.05) is 25.7 Å². The van der Waals surface area contributed by atoms with Gasteiger partial charge >= 0.3 is 6.03 Å². The van der Waals surface area contributed by atoms with Crippen molar-refractivity contribution < 1.29 is 9.53 Å². The van der Waals surface area contributed by atoms with Crippen LogP contribution in [0.5, 0.6) is 0 Å². The molecule has 2 rings (SSSR count). The zero-order valence-electron chi connectivity index (χ0n) is 10.9. The first-order chi connectivity index (χ1) is 8.20. The van der Waals surface area contributed by atoms with Gasteiger partial charge in [-0.3, -0.25) is 0 Å². The van der Waals surface area contributed by atoms with Crippen LogP contribution in [0.15, 0.2) is 0 Å². The largest absolute Gasteiger partial charge is 0.377 e. The first kappa shape index (κ1) is 12.7. The van der Waals surface area contributed by atoms with Crippen LogP contribution < -0.4 is 5.32 Å². The fourth-order valence-electron chi connectivity index (χ4n) is 2.49. The molecule has 1 aliphatic carbocycles. The highest BCUT2D eigenvalue weighted by Gasteiger charge is 2.31. The highest BCUT2D eigenvalue weighted by molar-refractivity contribution is 5.74. The first-order valence-corrected chi connectivity index (χ1v) is 6.87. The van der Waals surface area contributed by atoms with Crippen molar-refractivity contribution in [3.8, 4) is 0 Å². The summed E-state index contributed by atoms with van der Waals surface area (Å²) < 4.78 is 5.61. The van der Waals surface area contributed by atoms with E-state index in [0.29, 0.717) is 12.0 Å². The van der Waals surface area contributed by atoms with Crippen molar-refractivity contribution in [3.63, 3.8) is 0 Å². The van der Waals surface area contributed by atoms with Gasteiger partial charge in [-0.2, -0.15) is 0 Å². The summed E-state index contributed by atoms with van der Waals surface area (Å²) in [5.41, 5.74) is 0. The zero-order valence-corrected chi connectivity index (χ0v) is 10.9. The Kier molecular flexibility index (Phi) is 4.26. The standard InChI is InChI=1S/C13H24N2O2/c1-3-17-12-5-4-8-15(9-12)13(16)14-10(2)11-6-7-11/h10-12H,3-9H2,1-2H3,(H,14,16)/t10-,12-/m0/s1. The van der Waals surface area contributed by atoms with E-state index in [1.165, 1.54) is 12.8 Å². The number of rotatable bonds is 4. The van der Waals surface area contributed by atoms with Crippen molar-refractivity contribution >= 4 is 6.03 Å². The second kappa shape index (κ2) is 5.71. The minimum Gasteiger partial charge on any atom is -0.377 e. The lowest BCUT2D eigenvalue weighted by Gasteiger charge is -2.33. The Morgan fingerprint density at radius 2 is 2.24 bits per heavy atom. The third-order valence-electron chi connectivity index (χ3n) is 3.75. The first-order valence-electron chi connectivity index (χ1n) is 6.87. The minimum atomic E-state index is 0.0915. The van der Waals surface area contributed by atoms with E-state index in [1.807, 2.05) is 11.8 Å². The van der Waals surface area contributed by atoms with Gasteiger partial charge in [-0.05, 0) is 45.4 Å². The van der Waals surface area contributed by atoms with E-state index < -0.39 is 0 Å². The molecule has 2 aliphatic rings. The van der Waals surface area contributed by atoms with E-state index in [0.717, 1.165) is 32.5 Å². The maximum Gasteiger partial charge on any atom is 0.317 e. The van der Waals surface area contributed by atoms with Crippen LogP contribution in [0, 0.1) is 5.92 Å². The smallest absolute Gasteiger partial charge is 0.317 e. The summed E-state index contributed by atoms with van der Waals surface area (Å²) in [7, 11) is 0. The topological polar surface area (TPSA) is 41.6 Å².